The number of fused-ring (bicyclic) bond motifs is 3. The number of halogens is 2. The molecule has 0 saturated heterocycles. The van der Waals surface area contributed by atoms with Gasteiger partial charge in [0.05, 0.1) is 29.6 Å². The number of hydrogen-bond acceptors (Lipinski definition) is 3. The Bertz CT molecular complexity index is 1660. The molecule has 36 heavy (non-hydrogen) atoms. The van der Waals surface area contributed by atoms with Crippen molar-refractivity contribution in [2.75, 3.05) is 4.90 Å². The van der Waals surface area contributed by atoms with Crippen LogP contribution < -0.4 is 10.5 Å². The molecule has 5 aromatic rings. The smallest absolute Gasteiger partial charge is 0.412 e. The van der Waals surface area contributed by atoms with Crippen LogP contribution in [0.1, 0.15) is 18.9 Å². The van der Waals surface area contributed by atoms with Crippen molar-refractivity contribution in [1.29, 1.82) is 0 Å². The van der Waals surface area contributed by atoms with Gasteiger partial charge in [-0.25, -0.2) is 4.79 Å². The fraction of sp³-hybridized carbons (Fsp3) is 0.192. The Morgan fingerprint density at radius 2 is 1.83 bits per heavy atom. The van der Waals surface area contributed by atoms with Crippen molar-refractivity contribution in [2.24, 2.45) is 7.05 Å². The molecule has 0 atom stereocenters. The van der Waals surface area contributed by atoms with Crippen molar-refractivity contribution < 1.29 is 9.90 Å². The number of hydrogen-bond donors (Lipinski definition) is 1. The largest absolute Gasteiger partial charge is 0.465 e. The Hall–Kier alpha value is -3.75. The average molecular weight is 524 g/mol. The van der Waals surface area contributed by atoms with Crippen LogP contribution in [0.5, 0.6) is 0 Å². The molecule has 0 saturated carbocycles. The van der Waals surface area contributed by atoms with E-state index in [-0.39, 0.29) is 12.1 Å². The first-order valence-electron chi connectivity index (χ1n) is 11.4. The highest BCUT2D eigenvalue weighted by Gasteiger charge is 2.26. The third-order valence-electron chi connectivity index (χ3n) is 6.16. The molecule has 0 radical (unpaired) electrons. The lowest BCUT2D eigenvalue weighted by Crippen LogP contribution is -2.28. The summed E-state index contributed by atoms with van der Waals surface area (Å²) in [6.07, 6.45) is 4.95. The molecule has 1 N–H and O–H groups in total. The van der Waals surface area contributed by atoms with Gasteiger partial charge in [0.1, 0.15) is 5.52 Å². The molecule has 0 aliphatic rings. The Labute approximate surface area is 216 Å². The molecule has 0 unspecified atom stereocenters. The Kier molecular flexibility index (Phi) is 6.24. The van der Waals surface area contributed by atoms with Crippen LogP contribution >= 0.6 is 23.2 Å². The summed E-state index contributed by atoms with van der Waals surface area (Å²) in [5.41, 5.74) is 2.51. The number of pyridine rings is 1. The number of para-hydroxylation sites is 1. The molecular weight excluding hydrogens is 501 g/mol. The maximum Gasteiger partial charge on any atom is 0.412 e. The number of aryl methyl sites for hydroxylation is 2. The molecule has 184 valence electrons. The van der Waals surface area contributed by atoms with Crippen molar-refractivity contribution in [3.05, 3.63) is 87.0 Å². The number of benzene rings is 2. The second-order valence-corrected chi connectivity index (χ2v) is 9.47. The average Bonchev–Trinajstić information content (AvgIpc) is 3.45. The first-order chi connectivity index (χ1) is 17.3. The van der Waals surface area contributed by atoms with Crippen molar-refractivity contribution in [3.8, 4) is 5.69 Å². The summed E-state index contributed by atoms with van der Waals surface area (Å²) >= 11 is 12.3. The first-order valence-corrected chi connectivity index (χ1v) is 12.1. The van der Waals surface area contributed by atoms with Crippen LogP contribution in [-0.2, 0) is 20.1 Å². The topological polar surface area (TPSA) is 85.3 Å². The van der Waals surface area contributed by atoms with E-state index in [4.69, 9.17) is 23.2 Å². The van der Waals surface area contributed by atoms with Crippen LogP contribution in [0.4, 0.5) is 10.5 Å². The summed E-state index contributed by atoms with van der Waals surface area (Å²) < 4.78 is 5.10. The van der Waals surface area contributed by atoms with Crippen LogP contribution in [0.25, 0.3) is 27.5 Å². The number of anilines is 1. The molecule has 0 bridgehead atoms. The van der Waals surface area contributed by atoms with Gasteiger partial charge < -0.3 is 14.2 Å². The summed E-state index contributed by atoms with van der Waals surface area (Å²) in [5.74, 6) is 0. The minimum atomic E-state index is -1.17. The molecule has 0 aliphatic carbocycles. The molecule has 2 aromatic carbocycles. The van der Waals surface area contributed by atoms with E-state index < -0.39 is 6.09 Å². The second kappa shape index (κ2) is 9.37. The fourth-order valence-electron chi connectivity index (χ4n) is 4.59. The highest BCUT2D eigenvalue weighted by atomic mass is 35.5. The van der Waals surface area contributed by atoms with Crippen LogP contribution in [0, 0.1) is 0 Å². The van der Waals surface area contributed by atoms with E-state index in [0.717, 1.165) is 18.4 Å². The SMILES string of the molecule is CCCn1cc(-n2cc(N(Cc3cc(Cl)cc(Cl)c3)C(=O)O)c3c4ccccc4n(C)c(=O)c32)cn1. The molecule has 1 amide bonds. The van der Waals surface area contributed by atoms with Gasteiger partial charge in [0.25, 0.3) is 5.56 Å². The minimum absolute atomic E-state index is 0.00659. The Morgan fingerprint density at radius 1 is 1.11 bits per heavy atom. The molecule has 0 aliphatic heterocycles. The number of carboxylic acid groups (broad SMARTS) is 1. The number of nitrogens with zero attached hydrogens (tertiary/aromatic N) is 5. The molecule has 0 fully saturated rings. The summed E-state index contributed by atoms with van der Waals surface area (Å²) in [5, 5.41) is 16.8. The molecule has 0 spiro atoms. The normalized spacial score (nSPS) is 11.4. The second-order valence-electron chi connectivity index (χ2n) is 8.60. The van der Waals surface area contributed by atoms with E-state index >= 15 is 0 Å². The zero-order chi connectivity index (χ0) is 25.6. The number of rotatable bonds is 6. The van der Waals surface area contributed by atoms with E-state index in [0.29, 0.717) is 43.4 Å². The van der Waals surface area contributed by atoms with Crippen LogP contribution in [0.2, 0.25) is 10.0 Å². The number of aromatic nitrogens is 4. The highest BCUT2D eigenvalue weighted by Crippen LogP contribution is 2.36. The lowest BCUT2D eigenvalue weighted by atomic mass is 10.1. The minimum Gasteiger partial charge on any atom is -0.465 e. The molecule has 3 aromatic heterocycles. The molecule has 3 heterocycles. The van der Waals surface area contributed by atoms with Crippen molar-refractivity contribution in [3.63, 3.8) is 0 Å². The van der Waals surface area contributed by atoms with Crippen molar-refractivity contribution >= 4 is 56.8 Å². The van der Waals surface area contributed by atoms with E-state index in [1.165, 1.54) is 4.90 Å². The Balaban J connectivity index is 1.82. The van der Waals surface area contributed by atoms with Gasteiger partial charge in [-0.15, -0.1) is 0 Å². The standard InChI is InChI=1S/C26H23Cl2N5O3/c1-3-8-31-14-19(12-29-31)32-15-22(33(26(35)36)13-16-9-17(27)11-18(28)10-16)23-20-6-4-5-7-21(20)30(2)25(34)24(23)32/h4-7,9-12,14-15H,3,8,13H2,1-2H3,(H,35,36). The molecule has 10 heteroatoms. The first kappa shape index (κ1) is 24.0. The van der Waals surface area contributed by atoms with Crippen molar-refractivity contribution in [2.45, 2.75) is 26.4 Å². The van der Waals surface area contributed by atoms with E-state index in [1.807, 2.05) is 30.5 Å². The molecule has 5 rings (SSSR count). The summed E-state index contributed by atoms with van der Waals surface area (Å²) in [7, 11) is 1.71. The van der Waals surface area contributed by atoms with Gasteiger partial charge in [-0.1, -0.05) is 48.3 Å². The Morgan fingerprint density at radius 3 is 2.53 bits per heavy atom. The predicted octanol–water partition coefficient (Wildman–Crippen LogP) is 6.08. The van der Waals surface area contributed by atoms with Crippen LogP contribution in [-0.4, -0.2) is 30.1 Å². The maximum atomic E-state index is 13.6. The van der Waals surface area contributed by atoms with Gasteiger partial charge >= 0.3 is 6.09 Å². The van der Waals surface area contributed by atoms with Crippen molar-refractivity contribution in [1.82, 2.24) is 18.9 Å². The molecular formula is C26H23Cl2N5O3. The predicted molar refractivity (Wildman–Crippen MR) is 143 cm³/mol. The lowest BCUT2D eigenvalue weighted by molar-refractivity contribution is 0.201. The third-order valence-corrected chi connectivity index (χ3v) is 6.60. The summed E-state index contributed by atoms with van der Waals surface area (Å²) in [4.78, 5) is 27.4. The van der Waals surface area contributed by atoms with E-state index in [2.05, 4.69) is 12.0 Å². The number of amides is 1. The van der Waals surface area contributed by atoms with Crippen LogP contribution in [0.3, 0.4) is 0 Å². The van der Waals surface area contributed by atoms with E-state index in [1.54, 1.807) is 51.5 Å². The van der Waals surface area contributed by atoms with Gasteiger partial charge in [0, 0.05) is 46.8 Å². The summed E-state index contributed by atoms with van der Waals surface area (Å²) in [6.45, 7) is 2.77. The fourth-order valence-corrected chi connectivity index (χ4v) is 5.16. The van der Waals surface area contributed by atoms with E-state index in [9.17, 15) is 14.7 Å². The van der Waals surface area contributed by atoms with Gasteiger partial charge in [0.2, 0.25) is 0 Å². The lowest BCUT2D eigenvalue weighted by Gasteiger charge is -2.19. The highest BCUT2D eigenvalue weighted by molar-refractivity contribution is 6.34. The molecule has 8 nitrogen and oxygen atoms in total. The van der Waals surface area contributed by atoms with Gasteiger partial charge in [-0.3, -0.25) is 14.4 Å². The van der Waals surface area contributed by atoms with Gasteiger partial charge in [-0.2, -0.15) is 5.10 Å². The van der Waals surface area contributed by atoms with Gasteiger partial charge in [0.15, 0.2) is 0 Å². The summed E-state index contributed by atoms with van der Waals surface area (Å²) in [6, 6.07) is 12.4. The zero-order valence-electron chi connectivity index (χ0n) is 19.7. The zero-order valence-corrected chi connectivity index (χ0v) is 21.2. The third kappa shape index (κ3) is 4.12. The monoisotopic (exact) mass is 523 g/mol. The van der Waals surface area contributed by atoms with Crippen LogP contribution in [0.15, 0.2) is 65.8 Å². The number of carbonyl (C=O) groups is 1. The maximum absolute atomic E-state index is 13.6. The van der Waals surface area contributed by atoms with Gasteiger partial charge in [-0.05, 0) is 36.2 Å². The quantitative estimate of drug-likeness (QED) is 0.292.